The minimum Gasteiger partial charge on any atom is -0.395 e. The van der Waals surface area contributed by atoms with Crippen LogP contribution in [0.2, 0.25) is 0 Å². The van der Waals surface area contributed by atoms with Gasteiger partial charge >= 0.3 is 0 Å². The van der Waals surface area contributed by atoms with Crippen LogP contribution in [-0.2, 0) is 8.28 Å². The Labute approximate surface area is 53.7 Å². The van der Waals surface area contributed by atoms with E-state index in [4.69, 9.17) is 15.8 Å². The van der Waals surface area contributed by atoms with E-state index in [1.807, 2.05) is 0 Å². The van der Waals surface area contributed by atoms with Crippen LogP contribution in [-0.4, -0.2) is 34.2 Å². The SMILES string of the molecule is CS(C)(=O)(Cl)CCO. The summed E-state index contributed by atoms with van der Waals surface area (Å²) in [6.07, 6.45) is 2.91. The molecule has 2 nitrogen and oxygen atoms in total. The molecule has 4 heteroatoms. The number of aliphatic hydroxyl groups excluding tert-OH is 1. The van der Waals surface area contributed by atoms with E-state index < -0.39 is 8.28 Å². The van der Waals surface area contributed by atoms with Crippen LogP contribution in [0.4, 0.5) is 0 Å². The first-order chi connectivity index (χ1) is 3.31. The first-order valence-corrected chi connectivity index (χ1v) is 6.02. The summed E-state index contributed by atoms with van der Waals surface area (Å²) >= 11 is 0. The minimum absolute atomic E-state index is 0.109. The Hall–Kier alpha value is 0.400. The molecular weight excluding hydrogens is 148 g/mol. The molecule has 0 spiro atoms. The van der Waals surface area contributed by atoms with Crippen molar-refractivity contribution in [1.82, 2.24) is 0 Å². The van der Waals surface area contributed by atoms with Gasteiger partial charge in [0.25, 0.3) is 0 Å². The number of hydrogen-bond acceptors (Lipinski definition) is 2. The highest BCUT2D eigenvalue weighted by molar-refractivity contribution is 8.37. The lowest BCUT2D eigenvalue weighted by Gasteiger charge is -2.23. The van der Waals surface area contributed by atoms with Gasteiger partial charge in [-0.2, -0.15) is 0 Å². The Kier molecular flexibility index (Phi) is 2.07. The number of aliphatic hydroxyl groups is 1. The van der Waals surface area contributed by atoms with Crippen molar-refractivity contribution >= 4 is 19.0 Å². The van der Waals surface area contributed by atoms with E-state index in [-0.39, 0.29) is 12.4 Å². The topological polar surface area (TPSA) is 37.3 Å². The van der Waals surface area contributed by atoms with Gasteiger partial charge in [0.15, 0.2) is 0 Å². The van der Waals surface area contributed by atoms with Gasteiger partial charge < -0.3 is 5.11 Å². The number of halogens is 1. The molecule has 0 radical (unpaired) electrons. The highest BCUT2D eigenvalue weighted by atomic mass is 35.7. The van der Waals surface area contributed by atoms with E-state index in [0.29, 0.717) is 0 Å². The second-order valence-electron chi connectivity index (χ2n) is 2.35. The molecule has 0 amide bonds. The fraction of sp³-hybridized carbons (Fsp3) is 1.00. The van der Waals surface area contributed by atoms with Crippen molar-refractivity contribution in [3.63, 3.8) is 0 Å². The third-order valence-electron chi connectivity index (χ3n) is 0.660. The van der Waals surface area contributed by atoms with Crippen molar-refractivity contribution in [3.8, 4) is 0 Å². The van der Waals surface area contributed by atoms with Crippen LogP contribution < -0.4 is 0 Å². The van der Waals surface area contributed by atoms with Crippen LogP contribution in [0, 0.1) is 0 Å². The zero-order valence-electron chi connectivity index (χ0n) is 5.06. The number of rotatable bonds is 2. The van der Waals surface area contributed by atoms with Gasteiger partial charge in [-0.1, -0.05) is 0 Å². The van der Waals surface area contributed by atoms with Crippen molar-refractivity contribution in [2.45, 2.75) is 0 Å². The monoisotopic (exact) mass is 158 g/mol. The molecule has 0 unspecified atom stereocenters. The Bertz CT molecular complexity index is 126. The maximum Gasteiger partial charge on any atom is 0.0540 e. The molecule has 0 aromatic rings. The molecule has 0 saturated carbocycles. The summed E-state index contributed by atoms with van der Waals surface area (Å²) in [5.41, 5.74) is 0. The zero-order valence-corrected chi connectivity index (χ0v) is 6.63. The molecule has 0 heterocycles. The first-order valence-electron chi connectivity index (χ1n) is 2.24. The normalized spacial score (nSPS) is 17.2. The van der Waals surface area contributed by atoms with Crippen LogP contribution >= 0.6 is 10.7 Å². The van der Waals surface area contributed by atoms with Gasteiger partial charge in [0.05, 0.1) is 6.61 Å². The molecule has 1 N–H and O–H groups in total. The van der Waals surface area contributed by atoms with Gasteiger partial charge in [-0.25, -0.2) is 0 Å². The van der Waals surface area contributed by atoms with Crippen molar-refractivity contribution in [3.05, 3.63) is 0 Å². The summed E-state index contributed by atoms with van der Waals surface area (Å²) in [4.78, 5) is 0. The Morgan fingerprint density at radius 2 is 2.00 bits per heavy atom. The van der Waals surface area contributed by atoms with Crippen LogP contribution in [0.1, 0.15) is 0 Å². The van der Waals surface area contributed by atoms with Crippen molar-refractivity contribution in [1.29, 1.82) is 0 Å². The second kappa shape index (κ2) is 1.97. The fourth-order valence-electron chi connectivity index (χ4n) is 0.254. The van der Waals surface area contributed by atoms with Crippen LogP contribution in [0.3, 0.4) is 0 Å². The summed E-state index contributed by atoms with van der Waals surface area (Å²) in [5.74, 6) is 0.179. The van der Waals surface area contributed by atoms with E-state index in [9.17, 15) is 4.21 Å². The molecule has 0 aliphatic rings. The first kappa shape index (κ1) is 8.40. The highest BCUT2D eigenvalue weighted by Crippen LogP contribution is 2.21. The lowest BCUT2D eigenvalue weighted by Crippen LogP contribution is -2.27. The maximum atomic E-state index is 11.0. The van der Waals surface area contributed by atoms with Crippen LogP contribution in [0.15, 0.2) is 0 Å². The smallest absolute Gasteiger partial charge is 0.0540 e. The summed E-state index contributed by atoms with van der Waals surface area (Å²) in [6, 6.07) is 0. The fourth-order valence-corrected chi connectivity index (χ4v) is 0.970. The van der Waals surface area contributed by atoms with Gasteiger partial charge in [0.2, 0.25) is 0 Å². The zero-order chi connectivity index (χ0) is 6.86. The van der Waals surface area contributed by atoms with Gasteiger partial charge in [0.1, 0.15) is 0 Å². The van der Waals surface area contributed by atoms with Crippen LogP contribution in [0.5, 0.6) is 0 Å². The minimum atomic E-state index is -2.92. The average Bonchev–Trinajstić information content (AvgIpc) is 1.25. The highest BCUT2D eigenvalue weighted by Gasteiger charge is 2.18. The molecule has 0 aliphatic heterocycles. The molecule has 0 atom stereocenters. The standard InChI is InChI=1S/C4H11ClO2S/c1-8(2,5,7)4-3-6/h6H,3-4H2,1-2H3. The third-order valence-corrected chi connectivity index (χ3v) is 2.44. The Morgan fingerprint density at radius 3 is 2.00 bits per heavy atom. The van der Waals surface area contributed by atoms with Gasteiger partial charge in [0, 0.05) is 18.3 Å². The van der Waals surface area contributed by atoms with Gasteiger partial charge in [-0.3, -0.25) is 4.21 Å². The van der Waals surface area contributed by atoms with E-state index in [0.717, 1.165) is 0 Å². The summed E-state index contributed by atoms with van der Waals surface area (Å²) in [7, 11) is 2.56. The maximum absolute atomic E-state index is 11.0. The largest absolute Gasteiger partial charge is 0.395 e. The summed E-state index contributed by atoms with van der Waals surface area (Å²) in [5, 5.41) is 8.31. The van der Waals surface area contributed by atoms with E-state index >= 15 is 0 Å². The molecule has 52 valence electrons. The lowest BCUT2D eigenvalue weighted by atomic mass is 10.9. The molecule has 0 aromatic heterocycles. The molecule has 0 rings (SSSR count). The van der Waals surface area contributed by atoms with E-state index in [1.54, 1.807) is 0 Å². The average molecular weight is 159 g/mol. The Balaban J connectivity index is 3.95. The van der Waals surface area contributed by atoms with E-state index in [1.165, 1.54) is 12.5 Å². The van der Waals surface area contributed by atoms with Crippen molar-refractivity contribution in [2.75, 3.05) is 24.9 Å². The van der Waals surface area contributed by atoms with Gasteiger partial charge in [-0.05, 0) is 19.0 Å². The van der Waals surface area contributed by atoms with Gasteiger partial charge in [-0.15, -0.1) is 0 Å². The quantitative estimate of drug-likeness (QED) is 0.584. The molecule has 0 aromatic carbocycles. The molecule has 0 saturated heterocycles. The summed E-state index contributed by atoms with van der Waals surface area (Å²) in [6.45, 7) is -0.109. The lowest BCUT2D eigenvalue weighted by molar-refractivity contribution is 0.320. The van der Waals surface area contributed by atoms with Crippen molar-refractivity contribution in [2.24, 2.45) is 0 Å². The summed E-state index contributed by atoms with van der Waals surface area (Å²) < 4.78 is 11.0. The third kappa shape index (κ3) is 6.40. The number of hydrogen-bond donors (Lipinski definition) is 1. The molecule has 8 heavy (non-hydrogen) atoms. The van der Waals surface area contributed by atoms with E-state index in [2.05, 4.69) is 0 Å². The van der Waals surface area contributed by atoms with Crippen molar-refractivity contribution < 1.29 is 9.32 Å². The molecule has 0 bridgehead atoms. The molecule has 0 aliphatic carbocycles. The second-order valence-corrected chi connectivity index (χ2v) is 9.47. The van der Waals surface area contributed by atoms with Crippen LogP contribution in [0.25, 0.3) is 0 Å². The predicted molar refractivity (Wildman–Crippen MR) is 37.8 cm³/mol. The Morgan fingerprint density at radius 1 is 1.62 bits per heavy atom. The molecule has 0 fully saturated rings. The predicted octanol–water partition coefficient (Wildman–Crippen LogP) is 0.212. The molecular formula is C4H11ClO2S.